The van der Waals surface area contributed by atoms with E-state index in [1.165, 1.54) is 0 Å². The van der Waals surface area contributed by atoms with Crippen LogP contribution in [-0.4, -0.2) is 11.3 Å². The molecule has 0 saturated carbocycles. The van der Waals surface area contributed by atoms with Gasteiger partial charge in [-0.1, -0.05) is 6.92 Å². The monoisotopic (exact) mass is 135 g/mol. The van der Waals surface area contributed by atoms with Gasteiger partial charge in [-0.05, 0) is 6.42 Å². The van der Waals surface area contributed by atoms with Crippen molar-refractivity contribution in [3.8, 4) is 0 Å². The predicted octanol–water partition coefficient (Wildman–Crippen LogP) is 0.879. The van der Waals surface area contributed by atoms with Gasteiger partial charge in [0.15, 0.2) is 0 Å². The first-order valence-corrected chi connectivity index (χ1v) is 3.02. The van der Waals surface area contributed by atoms with Gasteiger partial charge in [-0.25, -0.2) is 0 Å². The first-order valence-electron chi connectivity index (χ1n) is 2.59. The highest BCUT2D eigenvalue weighted by Crippen LogP contribution is 2.04. The summed E-state index contributed by atoms with van der Waals surface area (Å²) in [5.41, 5.74) is 4.85. The molecule has 1 unspecified atom stereocenters. The van der Waals surface area contributed by atoms with E-state index in [1.807, 2.05) is 6.92 Å². The van der Waals surface area contributed by atoms with Gasteiger partial charge in [0.2, 0.25) is 5.91 Å². The number of carbonyl (C=O) groups is 1. The van der Waals surface area contributed by atoms with E-state index in [9.17, 15) is 4.79 Å². The van der Waals surface area contributed by atoms with E-state index in [-0.39, 0.29) is 17.7 Å². The molecule has 3 heteroatoms. The lowest BCUT2D eigenvalue weighted by molar-refractivity contribution is -0.118. The molecular formula is C5H10ClNO. The van der Waals surface area contributed by atoms with E-state index in [0.29, 0.717) is 0 Å². The summed E-state index contributed by atoms with van der Waals surface area (Å²) in [4.78, 5) is 10.1. The zero-order chi connectivity index (χ0) is 6.57. The average Bonchev–Trinajstić information content (AvgIpc) is 1.65. The predicted molar refractivity (Wildman–Crippen MR) is 33.7 cm³/mol. The largest absolute Gasteiger partial charge is 0.370 e. The minimum Gasteiger partial charge on any atom is -0.370 e. The second-order valence-electron chi connectivity index (χ2n) is 1.68. The molecule has 0 aliphatic heterocycles. The average molecular weight is 136 g/mol. The van der Waals surface area contributed by atoms with Crippen LogP contribution in [0.1, 0.15) is 19.8 Å². The van der Waals surface area contributed by atoms with Crippen molar-refractivity contribution in [3.05, 3.63) is 0 Å². The Labute approximate surface area is 54.0 Å². The van der Waals surface area contributed by atoms with E-state index >= 15 is 0 Å². The highest BCUT2D eigenvalue weighted by Gasteiger charge is 2.03. The third-order valence-corrected chi connectivity index (χ3v) is 1.33. The molecule has 1 amide bonds. The highest BCUT2D eigenvalue weighted by atomic mass is 35.5. The Hall–Kier alpha value is -0.240. The van der Waals surface area contributed by atoms with Crippen LogP contribution in [0.15, 0.2) is 0 Å². The number of nitrogens with two attached hydrogens (primary N) is 1. The summed E-state index contributed by atoms with van der Waals surface area (Å²) in [5, 5.41) is -0.0764. The Morgan fingerprint density at radius 3 is 2.50 bits per heavy atom. The minimum absolute atomic E-state index is 0.0764. The molecule has 0 fully saturated rings. The van der Waals surface area contributed by atoms with Gasteiger partial charge in [-0.2, -0.15) is 0 Å². The maximum Gasteiger partial charge on any atom is 0.218 e. The van der Waals surface area contributed by atoms with Crippen molar-refractivity contribution in [2.45, 2.75) is 25.1 Å². The molecule has 0 rings (SSSR count). The molecule has 0 aliphatic carbocycles. The number of hydrogen-bond donors (Lipinski definition) is 1. The summed E-state index contributed by atoms with van der Waals surface area (Å²) >= 11 is 5.56. The third kappa shape index (κ3) is 3.93. The molecule has 0 aromatic rings. The van der Waals surface area contributed by atoms with E-state index in [4.69, 9.17) is 17.3 Å². The fourth-order valence-corrected chi connectivity index (χ4v) is 0.515. The van der Waals surface area contributed by atoms with Crippen molar-refractivity contribution in [3.63, 3.8) is 0 Å². The van der Waals surface area contributed by atoms with Crippen LogP contribution in [0.25, 0.3) is 0 Å². The Balaban J connectivity index is 3.24. The molecule has 0 bridgehead atoms. The molecule has 0 aromatic carbocycles. The molecule has 1 atom stereocenters. The standard InChI is InChI=1S/C5H10ClNO/c1-2-4(6)3-5(7)8/h4H,2-3H2,1H3,(H2,7,8). The van der Waals surface area contributed by atoms with E-state index in [1.54, 1.807) is 0 Å². The lowest BCUT2D eigenvalue weighted by Crippen LogP contribution is -2.15. The van der Waals surface area contributed by atoms with Gasteiger partial charge in [0.25, 0.3) is 0 Å². The Kier molecular flexibility index (Phi) is 3.61. The van der Waals surface area contributed by atoms with Crippen LogP contribution in [0, 0.1) is 0 Å². The fourth-order valence-electron chi connectivity index (χ4n) is 0.363. The smallest absolute Gasteiger partial charge is 0.218 e. The van der Waals surface area contributed by atoms with Crippen molar-refractivity contribution in [2.75, 3.05) is 0 Å². The van der Waals surface area contributed by atoms with Crippen molar-refractivity contribution in [1.29, 1.82) is 0 Å². The molecule has 0 aromatic heterocycles. The number of rotatable bonds is 3. The summed E-state index contributed by atoms with van der Waals surface area (Å²) in [6, 6.07) is 0. The summed E-state index contributed by atoms with van der Waals surface area (Å²) < 4.78 is 0. The molecule has 2 nitrogen and oxygen atoms in total. The van der Waals surface area contributed by atoms with Gasteiger partial charge in [0.1, 0.15) is 0 Å². The second kappa shape index (κ2) is 3.72. The SMILES string of the molecule is CCC(Cl)CC(N)=O. The number of amides is 1. The molecule has 8 heavy (non-hydrogen) atoms. The molecule has 0 radical (unpaired) electrons. The maximum absolute atomic E-state index is 10.1. The zero-order valence-electron chi connectivity index (χ0n) is 4.86. The van der Waals surface area contributed by atoms with Crippen molar-refractivity contribution >= 4 is 17.5 Å². The molecule has 0 spiro atoms. The first kappa shape index (κ1) is 7.76. The molecular weight excluding hydrogens is 126 g/mol. The van der Waals surface area contributed by atoms with Crippen molar-refractivity contribution < 1.29 is 4.79 Å². The quantitative estimate of drug-likeness (QED) is 0.574. The highest BCUT2D eigenvalue weighted by molar-refractivity contribution is 6.21. The van der Waals surface area contributed by atoms with Gasteiger partial charge in [0, 0.05) is 11.8 Å². The molecule has 0 heterocycles. The van der Waals surface area contributed by atoms with Crippen LogP contribution in [0.2, 0.25) is 0 Å². The Morgan fingerprint density at radius 2 is 2.38 bits per heavy atom. The summed E-state index contributed by atoms with van der Waals surface area (Å²) in [6.07, 6.45) is 1.09. The Morgan fingerprint density at radius 1 is 1.88 bits per heavy atom. The Bertz CT molecular complexity index is 84.5. The van der Waals surface area contributed by atoms with Crippen LogP contribution in [0.3, 0.4) is 0 Å². The zero-order valence-corrected chi connectivity index (χ0v) is 5.61. The topological polar surface area (TPSA) is 43.1 Å². The van der Waals surface area contributed by atoms with Gasteiger partial charge < -0.3 is 5.73 Å². The van der Waals surface area contributed by atoms with Gasteiger partial charge in [-0.3, -0.25) is 4.79 Å². The van der Waals surface area contributed by atoms with E-state index in [2.05, 4.69) is 0 Å². The summed E-state index contributed by atoms with van der Waals surface area (Å²) in [7, 11) is 0. The molecule has 0 aliphatic rings. The second-order valence-corrected chi connectivity index (χ2v) is 2.29. The number of hydrogen-bond acceptors (Lipinski definition) is 1. The van der Waals surface area contributed by atoms with E-state index < -0.39 is 0 Å². The van der Waals surface area contributed by atoms with Crippen molar-refractivity contribution in [2.24, 2.45) is 5.73 Å². The van der Waals surface area contributed by atoms with Crippen LogP contribution in [-0.2, 0) is 4.79 Å². The van der Waals surface area contributed by atoms with Crippen molar-refractivity contribution in [1.82, 2.24) is 0 Å². The number of halogens is 1. The number of carbonyl (C=O) groups excluding carboxylic acids is 1. The number of primary amides is 1. The lowest BCUT2D eigenvalue weighted by atomic mass is 10.2. The van der Waals surface area contributed by atoms with Gasteiger partial charge >= 0.3 is 0 Å². The number of alkyl halides is 1. The maximum atomic E-state index is 10.1. The van der Waals surface area contributed by atoms with Crippen LogP contribution >= 0.6 is 11.6 Å². The molecule has 2 N–H and O–H groups in total. The summed E-state index contributed by atoms with van der Waals surface area (Å²) in [5.74, 6) is -0.327. The first-order chi connectivity index (χ1) is 3.66. The van der Waals surface area contributed by atoms with Crippen LogP contribution < -0.4 is 5.73 Å². The van der Waals surface area contributed by atoms with Gasteiger partial charge in [-0.15, -0.1) is 11.6 Å². The molecule has 0 saturated heterocycles. The normalized spacial score (nSPS) is 13.2. The summed E-state index contributed by atoms with van der Waals surface area (Å²) in [6.45, 7) is 1.92. The third-order valence-electron chi connectivity index (χ3n) is 0.866. The minimum atomic E-state index is -0.327. The van der Waals surface area contributed by atoms with Crippen LogP contribution in [0.5, 0.6) is 0 Å². The van der Waals surface area contributed by atoms with Gasteiger partial charge in [0.05, 0.1) is 0 Å². The van der Waals surface area contributed by atoms with E-state index in [0.717, 1.165) is 6.42 Å². The lowest BCUT2D eigenvalue weighted by Gasteiger charge is -1.99. The molecule has 48 valence electrons. The van der Waals surface area contributed by atoms with Crippen LogP contribution in [0.4, 0.5) is 0 Å². The fraction of sp³-hybridized carbons (Fsp3) is 0.800.